The lowest BCUT2D eigenvalue weighted by Crippen LogP contribution is -2.02. The van der Waals surface area contributed by atoms with Crippen molar-refractivity contribution in [2.75, 3.05) is 14.2 Å². The zero-order valence-electron chi connectivity index (χ0n) is 11.2. The van der Waals surface area contributed by atoms with Gasteiger partial charge in [0.2, 0.25) is 0 Å². The third kappa shape index (κ3) is 3.04. The molecule has 2 aromatic carbocycles. The summed E-state index contributed by atoms with van der Waals surface area (Å²) in [5.41, 5.74) is 0.951. The van der Waals surface area contributed by atoms with E-state index in [-0.39, 0.29) is 0 Å². The van der Waals surface area contributed by atoms with E-state index in [1.165, 1.54) is 14.2 Å². The quantitative estimate of drug-likeness (QED) is 0.765. The van der Waals surface area contributed by atoms with Gasteiger partial charge < -0.3 is 0 Å². The summed E-state index contributed by atoms with van der Waals surface area (Å²) in [6, 6.07) is 13.9. The van der Waals surface area contributed by atoms with E-state index in [9.17, 15) is 4.57 Å². The summed E-state index contributed by atoms with van der Waals surface area (Å²) < 4.78 is 27.0. The third-order valence-corrected chi connectivity index (χ3v) is 4.46. The van der Waals surface area contributed by atoms with Gasteiger partial charge in [-0.25, -0.2) is 4.57 Å². The van der Waals surface area contributed by atoms with Crippen molar-refractivity contribution in [2.45, 2.75) is 13.0 Å². The Morgan fingerprint density at radius 3 is 2.32 bits per heavy atom. The fourth-order valence-electron chi connectivity index (χ4n) is 2.02. The Morgan fingerprint density at radius 2 is 1.63 bits per heavy atom. The van der Waals surface area contributed by atoms with Crippen LogP contribution >= 0.6 is 7.82 Å². The number of hydrogen-bond donors (Lipinski definition) is 0. The molecule has 0 radical (unpaired) electrons. The van der Waals surface area contributed by atoms with E-state index in [0.29, 0.717) is 0 Å². The molecule has 0 amide bonds. The molecule has 0 heterocycles. The van der Waals surface area contributed by atoms with Crippen LogP contribution < -0.4 is 0 Å². The zero-order chi connectivity index (χ0) is 13.9. The second-order valence-electron chi connectivity index (χ2n) is 4.13. The molecule has 0 aliphatic heterocycles. The van der Waals surface area contributed by atoms with Gasteiger partial charge in [-0.1, -0.05) is 42.5 Å². The molecule has 1 unspecified atom stereocenters. The third-order valence-electron chi connectivity index (χ3n) is 3.00. The van der Waals surface area contributed by atoms with Gasteiger partial charge in [0.15, 0.2) is 0 Å². The number of benzene rings is 2. The fourth-order valence-corrected chi connectivity index (χ4v) is 2.84. The molecule has 19 heavy (non-hydrogen) atoms. The van der Waals surface area contributed by atoms with E-state index < -0.39 is 13.9 Å². The van der Waals surface area contributed by atoms with E-state index in [1.54, 1.807) is 0 Å². The molecule has 0 aliphatic carbocycles. The molecule has 1 atom stereocenters. The summed E-state index contributed by atoms with van der Waals surface area (Å²) in [4.78, 5) is 0. The van der Waals surface area contributed by atoms with Crippen molar-refractivity contribution in [3.8, 4) is 0 Å². The van der Waals surface area contributed by atoms with Crippen molar-refractivity contribution in [1.82, 2.24) is 0 Å². The van der Waals surface area contributed by atoms with E-state index in [2.05, 4.69) is 0 Å². The van der Waals surface area contributed by atoms with Crippen molar-refractivity contribution in [1.29, 1.82) is 0 Å². The molecule has 102 valence electrons. The molecule has 5 heteroatoms. The number of rotatable bonds is 5. The summed E-state index contributed by atoms with van der Waals surface area (Å²) in [7, 11) is -0.869. The maximum Gasteiger partial charge on any atom is 0.474 e. The lowest BCUT2D eigenvalue weighted by molar-refractivity contribution is 0.114. The zero-order valence-corrected chi connectivity index (χ0v) is 12.1. The van der Waals surface area contributed by atoms with Crippen LogP contribution in [0.3, 0.4) is 0 Å². The molecule has 2 aromatic rings. The van der Waals surface area contributed by atoms with Crippen molar-refractivity contribution in [2.24, 2.45) is 0 Å². The Bertz CT molecular complexity index is 598. The standard InChI is InChI=1S/C14H17O4P/c1-11(18-19(15,16-2)17-3)13-10-6-8-12-7-4-5-9-14(12)13/h4-11H,1-3H3. The molecule has 2 rings (SSSR count). The van der Waals surface area contributed by atoms with Crippen molar-refractivity contribution < 1.29 is 18.1 Å². The predicted molar refractivity (Wildman–Crippen MR) is 75.1 cm³/mol. The van der Waals surface area contributed by atoms with Gasteiger partial charge in [0.05, 0.1) is 6.10 Å². The van der Waals surface area contributed by atoms with E-state index in [4.69, 9.17) is 13.6 Å². The molecule has 0 N–H and O–H groups in total. The summed E-state index contributed by atoms with van der Waals surface area (Å²) in [6.07, 6.45) is -0.392. The highest BCUT2D eigenvalue weighted by Gasteiger charge is 2.27. The normalized spacial score (nSPS) is 13.6. The summed E-state index contributed by atoms with van der Waals surface area (Å²) in [6.45, 7) is 1.83. The first-order valence-electron chi connectivity index (χ1n) is 5.97. The number of fused-ring (bicyclic) bond motifs is 1. The average molecular weight is 280 g/mol. The van der Waals surface area contributed by atoms with Gasteiger partial charge in [-0.2, -0.15) is 0 Å². The van der Waals surface area contributed by atoms with Gasteiger partial charge in [-0.3, -0.25) is 13.6 Å². The van der Waals surface area contributed by atoms with Crippen LogP contribution in [0.4, 0.5) is 0 Å². The first-order chi connectivity index (χ1) is 9.09. The second-order valence-corrected chi connectivity index (χ2v) is 5.96. The first-order valence-corrected chi connectivity index (χ1v) is 7.43. The van der Waals surface area contributed by atoms with Gasteiger partial charge in [-0.05, 0) is 23.3 Å². The van der Waals surface area contributed by atoms with Crippen LogP contribution in [0.25, 0.3) is 10.8 Å². The molecular weight excluding hydrogens is 263 g/mol. The minimum atomic E-state index is -3.48. The molecule has 0 spiro atoms. The first kappa shape index (κ1) is 14.2. The van der Waals surface area contributed by atoms with Gasteiger partial charge in [0.25, 0.3) is 0 Å². The molecular formula is C14H17O4P. The smallest absolute Gasteiger partial charge is 0.290 e. The number of phosphoric ester groups is 1. The molecule has 0 saturated heterocycles. The SMILES string of the molecule is COP(=O)(OC)OC(C)c1cccc2ccccc12. The van der Waals surface area contributed by atoms with Crippen molar-refractivity contribution in [3.63, 3.8) is 0 Å². The Hall–Kier alpha value is -1.19. The second kappa shape index (κ2) is 5.85. The highest BCUT2D eigenvalue weighted by atomic mass is 31.2. The monoisotopic (exact) mass is 280 g/mol. The van der Waals surface area contributed by atoms with Crippen LogP contribution in [-0.4, -0.2) is 14.2 Å². The van der Waals surface area contributed by atoms with Gasteiger partial charge in [0, 0.05) is 14.2 Å². The summed E-state index contributed by atoms with van der Waals surface area (Å²) >= 11 is 0. The molecule has 0 aliphatic rings. The largest absolute Gasteiger partial charge is 0.474 e. The Balaban J connectivity index is 2.37. The van der Waals surface area contributed by atoms with E-state index >= 15 is 0 Å². The maximum absolute atomic E-state index is 12.0. The highest BCUT2D eigenvalue weighted by Crippen LogP contribution is 2.51. The number of hydrogen-bond acceptors (Lipinski definition) is 4. The highest BCUT2D eigenvalue weighted by molar-refractivity contribution is 7.48. The van der Waals surface area contributed by atoms with Crippen molar-refractivity contribution in [3.05, 3.63) is 48.0 Å². The molecule has 0 fully saturated rings. The summed E-state index contributed by atoms with van der Waals surface area (Å²) in [5, 5.41) is 2.18. The molecule has 0 aromatic heterocycles. The average Bonchev–Trinajstić information content (AvgIpc) is 2.46. The van der Waals surface area contributed by atoms with Crippen LogP contribution in [0.5, 0.6) is 0 Å². The lowest BCUT2D eigenvalue weighted by Gasteiger charge is -2.20. The van der Waals surface area contributed by atoms with E-state index in [0.717, 1.165) is 16.3 Å². The number of phosphoric acid groups is 1. The van der Waals surface area contributed by atoms with Crippen LogP contribution in [0.15, 0.2) is 42.5 Å². The minimum absolute atomic E-state index is 0.392. The Labute approximate surface area is 112 Å². The maximum atomic E-state index is 12.0. The van der Waals surface area contributed by atoms with Crippen LogP contribution in [0.2, 0.25) is 0 Å². The van der Waals surface area contributed by atoms with Gasteiger partial charge >= 0.3 is 7.82 Å². The van der Waals surface area contributed by atoms with Crippen LogP contribution in [-0.2, 0) is 18.1 Å². The topological polar surface area (TPSA) is 44.8 Å². The summed E-state index contributed by atoms with van der Waals surface area (Å²) in [5.74, 6) is 0. The van der Waals surface area contributed by atoms with Crippen molar-refractivity contribution >= 4 is 18.6 Å². The molecule has 0 saturated carbocycles. The van der Waals surface area contributed by atoms with E-state index in [1.807, 2.05) is 49.4 Å². The lowest BCUT2D eigenvalue weighted by atomic mass is 10.0. The predicted octanol–water partition coefficient (Wildman–Crippen LogP) is 4.32. The van der Waals surface area contributed by atoms with Crippen LogP contribution in [0, 0.1) is 0 Å². The Morgan fingerprint density at radius 1 is 1.00 bits per heavy atom. The molecule has 4 nitrogen and oxygen atoms in total. The molecule has 0 bridgehead atoms. The van der Waals surface area contributed by atoms with Crippen LogP contribution in [0.1, 0.15) is 18.6 Å². The fraction of sp³-hybridized carbons (Fsp3) is 0.286. The minimum Gasteiger partial charge on any atom is -0.290 e. The van der Waals surface area contributed by atoms with Gasteiger partial charge in [0.1, 0.15) is 0 Å². The Kier molecular flexibility index (Phi) is 4.38. The van der Waals surface area contributed by atoms with Gasteiger partial charge in [-0.15, -0.1) is 0 Å².